The lowest BCUT2D eigenvalue weighted by Gasteiger charge is -2.21. The molecule has 1 atom stereocenters. The molecule has 0 aliphatic heterocycles. The van der Waals surface area contributed by atoms with Crippen molar-refractivity contribution in [3.63, 3.8) is 0 Å². The molecule has 3 nitrogen and oxygen atoms in total. The van der Waals surface area contributed by atoms with Gasteiger partial charge in [-0.1, -0.05) is 12.8 Å². The molecule has 0 saturated heterocycles. The molecular weight excluding hydrogens is 198 g/mol. The third kappa shape index (κ3) is 2.49. The minimum absolute atomic E-state index is 0. The van der Waals surface area contributed by atoms with Crippen molar-refractivity contribution in [3.8, 4) is 0 Å². The van der Waals surface area contributed by atoms with Crippen molar-refractivity contribution in [2.24, 2.45) is 11.7 Å². The fraction of sp³-hybridized carbons (Fsp3) is 0.700. The van der Waals surface area contributed by atoms with Gasteiger partial charge in [0.15, 0.2) is 0 Å². The van der Waals surface area contributed by atoms with E-state index in [1.807, 2.05) is 13.0 Å². The van der Waals surface area contributed by atoms with E-state index in [1.54, 1.807) is 0 Å². The van der Waals surface area contributed by atoms with Crippen LogP contribution >= 0.6 is 12.4 Å². The smallest absolute Gasteiger partial charge is 0.0820 e. The van der Waals surface area contributed by atoms with Gasteiger partial charge in [-0.25, -0.2) is 0 Å². The van der Waals surface area contributed by atoms with Crippen LogP contribution < -0.4 is 5.73 Å². The Hall–Kier alpha value is -0.540. The first-order valence-electron chi connectivity index (χ1n) is 4.89. The van der Waals surface area contributed by atoms with E-state index in [0.717, 1.165) is 23.7 Å². The molecule has 3 N–H and O–H groups in total. The molecule has 0 amide bonds. The van der Waals surface area contributed by atoms with Crippen molar-refractivity contribution in [2.45, 2.75) is 38.6 Å². The summed E-state index contributed by atoms with van der Waals surface area (Å²) in [6.07, 6.45) is 3.75. The lowest BCUT2D eigenvalue weighted by molar-refractivity contribution is 0.411. The maximum absolute atomic E-state index is 6.21. The summed E-state index contributed by atoms with van der Waals surface area (Å²) in [5.74, 6) is 0.840. The van der Waals surface area contributed by atoms with Crippen LogP contribution in [-0.4, -0.2) is 10.2 Å². The quantitative estimate of drug-likeness (QED) is 0.812. The van der Waals surface area contributed by atoms with Crippen LogP contribution in [0.4, 0.5) is 0 Å². The standard InChI is InChI=1S/C10H17N3.ClH/c1-7-5-9(13-12-7)10(2,11)6-8-3-4-8;/h5,8H,3-4,6,11H2,1-2H3,(H,12,13);1H/t10-;/m0./s1. The average Bonchev–Trinajstić information content (AvgIpc) is 2.70. The largest absolute Gasteiger partial charge is 0.320 e. The minimum Gasteiger partial charge on any atom is -0.320 e. The first kappa shape index (κ1) is 11.5. The molecule has 0 radical (unpaired) electrons. The highest BCUT2D eigenvalue weighted by atomic mass is 35.5. The lowest BCUT2D eigenvalue weighted by Crippen LogP contribution is -2.34. The Bertz CT molecular complexity index is 302. The normalized spacial score (nSPS) is 19.9. The molecule has 1 heterocycles. The molecular formula is C10H18ClN3. The van der Waals surface area contributed by atoms with Gasteiger partial charge in [0.25, 0.3) is 0 Å². The van der Waals surface area contributed by atoms with E-state index in [4.69, 9.17) is 5.73 Å². The zero-order valence-corrected chi connectivity index (χ0v) is 9.53. The van der Waals surface area contributed by atoms with Gasteiger partial charge in [-0.3, -0.25) is 5.10 Å². The maximum atomic E-state index is 6.21. The van der Waals surface area contributed by atoms with Gasteiger partial charge in [-0.2, -0.15) is 5.10 Å². The van der Waals surface area contributed by atoms with Crippen molar-refractivity contribution < 1.29 is 0 Å². The Morgan fingerprint density at radius 1 is 1.64 bits per heavy atom. The molecule has 1 aromatic rings. The lowest BCUT2D eigenvalue weighted by atomic mass is 9.92. The highest BCUT2D eigenvalue weighted by Crippen LogP contribution is 2.38. The van der Waals surface area contributed by atoms with Crippen LogP contribution in [0.3, 0.4) is 0 Å². The van der Waals surface area contributed by atoms with E-state index in [9.17, 15) is 0 Å². The topological polar surface area (TPSA) is 54.7 Å². The molecule has 0 aromatic carbocycles. The molecule has 0 spiro atoms. The number of nitrogens with one attached hydrogen (secondary N) is 1. The Labute approximate surface area is 90.9 Å². The fourth-order valence-electron chi connectivity index (χ4n) is 1.74. The Balaban J connectivity index is 0.000000980. The van der Waals surface area contributed by atoms with Crippen LogP contribution in [0.2, 0.25) is 0 Å². The van der Waals surface area contributed by atoms with E-state index in [-0.39, 0.29) is 17.9 Å². The minimum atomic E-state index is -0.244. The summed E-state index contributed by atoms with van der Waals surface area (Å²) >= 11 is 0. The van der Waals surface area contributed by atoms with Crippen molar-refractivity contribution in [1.82, 2.24) is 10.2 Å². The number of aromatic nitrogens is 2. The number of hydrogen-bond acceptors (Lipinski definition) is 2. The fourth-order valence-corrected chi connectivity index (χ4v) is 1.74. The van der Waals surface area contributed by atoms with Gasteiger partial charge in [0, 0.05) is 5.69 Å². The van der Waals surface area contributed by atoms with Gasteiger partial charge >= 0.3 is 0 Å². The molecule has 0 unspecified atom stereocenters. The van der Waals surface area contributed by atoms with Crippen molar-refractivity contribution in [2.75, 3.05) is 0 Å². The summed E-state index contributed by atoms with van der Waals surface area (Å²) in [4.78, 5) is 0. The van der Waals surface area contributed by atoms with Gasteiger partial charge in [-0.05, 0) is 32.3 Å². The Morgan fingerprint density at radius 3 is 2.71 bits per heavy atom. The number of halogens is 1. The highest BCUT2D eigenvalue weighted by Gasteiger charge is 2.33. The molecule has 80 valence electrons. The molecule has 0 bridgehead atoms. The van der Waals surface area contributed by atoms with E-state index in [1.165, 1.54) is 12.8 Å². The summed E-state index contributed by atoms with van der Waals surface area (Å²) in [6.45, 7) is 4.07. The number of H-pyrrole nitrogens is 1. The molecule has 1 fully saturated rings. The number of hydrogen-bond donors (Lipinski definition) is 2. The predicted octanol–water partition coefficient (Wildman–Crippen LogP) is 2.11. The van der Waals surface area contributed by atoms with Gasteiger partial charge in [-0.15, -0.1) is 12.4 Å². The summed E-state index contributed by atoms with van der Waals surface area (Å²) in [6, 6.07) is 2.04. The monoisotopic (exact) mass is 215 g/mol. The van der Waals surface area contributed by atoms with Gasteiger partial charge in [0.1, 0.15) is 0 Å². The SMILES string of the molecule is Cc1cc([C@@](C)(N)CC2CC2)n[nH]1.Cl. The zero-order chi connectivity index (χ0) is 9.47. The van der Waals surface area contributed by atoms with Gasteiger partial charge < -0.3 is 5.73 Å². The third-order valence-electron chi connectivity index (χ3n) is 2.70. The molecule has 14 heavy (non-hydrogen) atoms. The van der Waals surface area contributed by atoms with Gasteiger partial charge in [0.05, 0.1) is 11.2 Å². The summed E-state index contributed by atoms with van der Waals surface area (Å²) in [5, 5.41) is 7.16. The second-order valence-electron chi connectivity index (χ2n) is 4.50. The second-order valence-corrected chi connectivity index (χ2v) is 4.50. The Kier molecular flexibility index (Phi) is 3.22. The molecule has 1 aliphatic rings. The van der Waals surface area contributed by atoms with Crippen LogP contribution in [-0.2, 0) is 5.54 Å². The number of nitrogens with zero attached hydrogens (tertiary/aromatic N) is 1. The predicted molar refractivity (Wildman–Crippen MR) is 59.5 cm³/mol. The maximum Gasteiger partial charge on any atom is 0.0820 e. The number of aromatic amines is 1. The van der Waals surface area contributed by atoms with Gasteiger partial charge in [0.2, 0.25) is 0 Å². The third-order valence-corrected chi connectivity index (χ3v) is 2.70. The average molecular weight is 216 g/mol. The summed E-state index contributed by atoms with van der Waals surface area (Å²) < 4.78 is 0. The number of rotatable bonds is 3. The van der Waals surface area contributed by atoms with E-state index < -0.39 is 0 Å². The second kappa shape index (κ2) is 3.91. The van der Waals surface area contributed by atoms with Crippen LogP contribution in [0, 0.1) is 12.8 Å². The molecule has 1 aliphatic carbocycles. The highest BCUT2D eigenvalue weighted by molar-refractivity contribution is 5.85. The first-order valence-corrected chi connectivity index (χ1v) is 4.89. The Morgan fingerprint density at radius 2 is 2.29 bits per heavy atom. The van der Waals surface area contributed by atoms with Crippen LogP contribution in [0.25, 0.3) is 0 Å². The first-order chi connectivity index (χ1) is 6.08. The van der Waals surface area contributed by atoms with Crippen molar-refractivity contribution in [1.29, 1.82) is 0 Å². The van der Waals surface area contributed by atoms with Crippen molar-refractivity contribution >= 4 is 12.4 Å². The molecule has 1 saturated carbocycles. The summed E-state index contributed by atoms with van der Waals surface area (Å²) in [7, 11) is 0. The van der Waals surface area contributed by atoms with Crippen LogP contribution in [0.15, 0.2) is 6.07 Å². The molecule has 1 aromatic heterocycles. The zero-order valence-electron chi connectivity index (χ0n) is 8.71. The number of aryl methyl sites for hydroxylation is 1. The van der Waals surface area contributed by atoms with E-state index >= 15 is 0 Å². The van der Waals surface area contributed by atoms with Crippen molar-refractivity contribution in [3.05, 3.63) is 17.5 Å². The van der Waals surface area contributed by atoms with E-state index in [0.29, 0.717) is 0 Å². The molecule has 4 heteroatoms. The number of nitrogens with two attached hydrogens (primary N) is 1. The van der Waals surface area contributed by atoms with Crippen LogP contribution in [0.1, 0.15) is 37.6 Å². The molecule has 2 rings (SSSR count). The summed E-state index contributed by atoms with van der Waals surface area (Å²) in [5.41, 5.74) is 8.05. The van der Waals surface area contributed by atoms with Crippen LogP contribution in [0.5, 0.6) is 0 Å². The van der Waals surface area contributed by atoms with E-state index in [2.05, 4.69) is 17.1 Å².